The average molecular weight is 293 g/mol. The molecule has 0 spiro atoms. The summed E-state index contributed by atoms with van der Waals surface area (Å²) in [5.41, 5.74) is 0. The van der Waals surface area contributed by atoms with Crippen LogP contribution >= 0.6 is 34.8 Å². The van der Waals surface area contributed by atoms with Crippen LogP contribution in [0.1, 0.15) is 20.8 Å². The molecule has 0 aromatic carbocycles. The maximum absolute atomic E-state index is 11.2. The van der Waals surface area contributed by atoms with Crippen LogP contribution in [-0.2, 0) is 14.3 Å². The number of nitrogens with one attached hydrogen (secondary N) is 1. The fourth-order valence-electron chi connectivity index (χ4n) is 0.699. The van der Waals surface area contributed by atoms with Gasteiger partial charge in [-0.25, -0.2) is 4.79 Å². The number of alkyl carbamates (subject to hydrolysis) is 1. The molecule has 8 heteroatoms. The van der Waals surface area contributed by atoms with Crippen LogP contribution in [0.15, 0.2) is 0 Å². The lowest BCUT2D eigenvalue weighted by molar-refractivity contribution is -0.147. The van der Waals surface area contributed by atoms with Gasteiger partial charge in [0.2, 0.25) is 10.0 Å². The van der Waals surface area contributed by atoms with Gasteiger partial charge in [-0.1, -0.05) is 34.8 Å². The Morgan fingerprint density at radius 1 is 1.19 bits per heavy atom. The summed E-state index contributed by atoms with van der Waals surface area (Å²) in [5, 5.41) is 2.12. The Balaban J connectivity index is 4.44. The fraction of sp³-hybridized carbons (Fsp3) is 0.750. The predicted molar refractivity (Wildman–Crippen MR) is 60.6 cm³/mol. The first-order valence-electron chi connectivity index (χ1n) is 4.34. The molecule has 0 aromatic heterocycles. The van der Waals surface area contributed by atoms with Gasteiger partial charge in [-0.2, -0.15) is 0 Å². The summed E-state index contributed by atoms with van der Waals surface area (Å²) in [6.07, 6.45) is -2.58. The Morgan fingerprint density at radius 3 is 2.00 bits per heavy atom. The molecule has 0 bridgehead atoms. The number of halogens is 3. The maximum Gasteiger partial charge on any atom is 0.410 e. The Labute approximate surface area is 108 Å². The molecule has 0 aromatic rings. The first-order valence-corrected chi connectivity index (χ1v) is 5.47. The number of esters is 1. The summed E-state index contributed by atoms with van der Waals surface area (Å²) in [7, 11) is 0. The van der Waals surface area contributed by atoms with E-state index in [1.807, 2.05) is 0 Å². The lowest BCUT2D eigenvalue weighted by Gasteiger charge is -2.24. The number of rotatable bonds is 3. The molecule has 0 rings (SSSR count). The maximum atomic E-state index is 11.2. The summed E-state index contributed by atoms with van der Waals surface area (Å²) in [6.45, 7) is 4.42. The van der Waals surface area contributed by atoms with Crippen LogP contribution in [0.4, 0.5) is 4.79 Å². The molecule has 1 N–H and O–H groups in total. The molecule has 0 saturated carbocycles. The first kappa shape index (κ1) is 15.6. The van der Waals surface area contributed by atoms with E-state index in [0.717, 1.165) is 6.92 Å². The smallest absolute Gasteiger partial charge is 0.410 e. The van der Waals surface area contributed by atoms with Crippen LogP contribution in [-0.4, -0.2) is 28.2 Å². The standard InChI is InChI=1S/C8H12Cl3NO4/c1-4(2)15-7(14)12-6(8(9,10)11)16-5(3)13/h4,6H,1-3H3,(H,12,14)/t6-/m1/s1. The zero-order valence-corrected chi connectivity index (χ0v) is 11.2. The molecule has 94 valence electrons. The fourth-order valence-corrected chi connectivity index (χ4v) is 0.997. The Kier molecular flexibility index (Phi) is 6.22. The topological polar surface area (TPSA) is 64.6 Å². The third-order valence-corrected chi connectivity index (χ3v) is 1.77. The second-order valence-electron chi connectivity index (χ2n) is 3.13. The molecule has 0 aliphatic heterocycles. The van der Waals surface area contributed by atoms with Crippen molar-refractivity contribution in [2.24, 2.45) is 0 Å². The van der Waals surface area contributed by atoms with E-state index in [1.165, 1.54) is 0 Å². The van der Waals surface area contributed by atoms with E-state index in [2.05, 4.69) is 10.1 Å². The van der Waals surface area contributed by atoms with E-state index in [1.54, 1.807) is 13.8 Å². The highest BCUT2D eigenvalue weighted by Gasteiger charge is 2.37. The van der Waals surface area contributed by atoms with E-state index in [-0.39, 0.29) is 6.10 Å². The van der Waals surface area contributed by atoms with E-state index >= 15 is 0 Å². The number of ether oxygens (including phenoxy) is 2. The molecule has 5 nitrogen and oxygen atoms in total. The Bertz CT molecular complexity index is 264. The van der Waals surface area contributed by atoms with E-state index in [4.69, 9.17) is 39.5 Å². The first-order chi connectivity index (χ1) is 7.12. The number of carbonyl (C=O) groups is 2. The minimum atomic E-state index is -1.97. The van der Waals surface area contributed by atoms with Gasteiger partial charge in [0, 0.05) is 6.92 Å². The summed E-state index contributed by atoms with van der Waals surface area (Å²) < 4.78 is 7.39. The minimum absolute atomic E-state index is 0.339. The number of hydrogen-bond acceptors (Lipinski definition) is 4. The number of carbonyl (C=O) groups excluding carboxylic acids is 2. The van der Waals surface area contributed by atoms with Crippen molar-refractivity contribution < 1.29 is 19.1 Å². The molecular weight excluding hydrogens is 280 g/mol. The van der Waals surface area contributed by atoms with E-state index in [9.17, 15) is 9.59 Å². The second kappa shape index (κ2) is 6.37. The molecule has 0 fully saturated rings. The molecule has 0 radical (unpaired) electrons. The second-order valence-corrected chi connectivity index (χ2v) is 5.50. The molecule has 0 aliphatic rings. The highest BCUT2D eigenvalue weighted by Crippen LogP contribution is 2.31. The van der Waals surface area contributed by atoms with Crippen LogP contribution < -0.4 is 5.32 Å². The Hall–Kier alpha value is -0.390. The SMILES string of the molecule is CC(=O)O[C@@H](NC(=O)OC(C)C)C(Cl)(Cl)Cl. The summed E-state index contributed by atoms with van der Waals surface area (Å²) in [5.74, 6) is -0.693. The minimum Gasteiger partial charge on any atom is -0.447 e. The third-order valence-electron chi connectivity index (χ3n) is 1.17. The highest BCUT2D eigenvalue weighted by molar-refractivity contribution is 6.68. The molecule has 0 saturated heterocycles. The third kappa shape index (κ3) is 6.98. The van der Waals surface area contributed by atoms with Crippen molar-refractivity contribution in [3.8, 4) is 0 Å². The molecular formula is C8H12Cl3NO4. The van der Waals surface area contributed by atoms with Gasteiger partial charge in [0.25, 0.3) is 0 Å². The molecule has 1 amide bonds. The largest absolute Gasteiger partial charge is 0.447 e. The van der Waals surface area contributed by atoms with Crippen LogP contribution in [0, 0.1) is 0 Å². The molecule has 0 heterocycles. The molecule has 0 unspecified atom stereocenters. The lowest BCUT2D eigenvalue weighted by atomic mass is 10.5. The van der Waals surface area contributed by atoms with Crippen molar-refractivity contribution in [3.63, 3.8) is 0 Å². The van der Waals surface area contributed by atoms with Crippen LogP contribution in [0.5, 0.6) is 0 Å². The van der Waals surface area contributed by atoms with Gasteiger partial charge >= 0.3 is 12.1 Å². The van der Waals surface area contributed by atoms with E-state index < -0.39 is 22.1 Å². The summed E-state index contributed by atoms with van der Waals surface area (Å²) in [6, 6.07) is 0. The monoisotopic (exact) mass is 291 g/mol. The quantitative estimate of drug-likeness (QED) is 0.493. The highest BCUT2D eigenvalue weighted by atomic mass is 35.6. The van der Waals surface area contributed by atoms with Gasteiger partial charge in [-0.05, 0) is 13.8 Å². The van der Waals surface area contributed by atoms with Gasteiger partial charge < -0.3 is 9.47 Å². The molecule has 16 heavy (non-hydrogen) atoms. The van der Waals surface area contributed by atoms with Gasteiger partial charge in [0.1, 0.15) is 0 Å². The van der Waals surface area contributed by atoms with Crippen molar-refractivity contribution in [1.82, 2.24) is 5.32 Å². The predicted octanol–water partition coefficient (Wildman–Crippen LogP) is 2.38. The van der Waals surface area contributed by atoms with Crippen LogP contribution in [0.25, 0.3) is 0 Å². The number of hydrogen-bond donors (Lipinski definition) is 1. The van der Waals surface area contributed by atoms with Crippen LogP contribution in [0.3, 0.4) is 0 Å². The van der Waals surface area contributed by atoms with Crippen LogP contribution in [0.2, 0.25) is 0 Å². The van der Waals surface area contributed by atoms with E-state index in [0.29, 0.717) is 0 Å². The van der Waals surface area contributed by atoms with Crippen molar-refractivity contribution in [1.29, 1.82) is 0 Å². The van der Waals surface area contributed by atoms with Gasteiger partial charge in [-0.3, -0.25) is 10.1 Å². The van der Waals surface area contributed by atoms with Crippen molar-refractivity contribution in [2.75, 3.05) is 0 Å². The summed E-state index contributed by atoms with van der Waals surface area (Å²) >= 11 is 16.5. The normalized spacial score (nSPS) is 13.2. The molecule has 1 atom stereocenters. The average Bonchev–Trinajstić information content (AvgIpc) is 1.98. The summed E-state index contributed by atoms with van der Waals surface area (Å²) in [4.78, 5) is 21.9. The Morgan fingerprint density at radius 2 is 1.69 bits per heavy atom. The number of alkyl halides is 3. The zero-order chi connectivity index (χ0) is 12.9. The zero-order valence-electron chi connectivity index (χ0n) is 8.92. The lowest BCUT2D eigenvalue weighted by Crippen LogP contribution is -2.47. The molecule has 0 aliphatic carbocycles. The van der Waals surface area contributed by atoms with Crippen molar-refractivity contribution in [3.05, 3.63) is 0 Å². The van der Waals surface area contributed by atoms with Crippen molar-refractivity contribution >= 4 is 46.9 Å². The van der Waals surface area contributed by atoms with Gasteiger partial charge in [0.15, 0.2) is 0 Å². The van der Waals surface area contributed by atoms with Gasteiger partial charge in [-0.15, -0.1) is 0 Å². The van der Waals surface area contributed by atoms with Crippen molar-refractivity contribution in [2.45, 2.75) is 36.9 Å². The van der Waals surface area contributed by atoms with Gasteiger partial charge in [0.05, 0.1) is 6.10 Å². The number of amides is 1.